The first-order valence-corrected chi connectivity index (χ1v) is 8.06. The molecule has 1 aliphatic heterocycles. The summed E-state index contributed by atoms with van der Waals surface area (Å²) in [4.78, 5) is 29.1. The number of nitrogens with two attached hydrogens (primary N) is 1. The first-order chi connectivity index (χ1) is 12.0. The van der Waals surface area contributed by atoms with Gasteiger partial charge in [-0.3, -0.25) is 14.9 Å². The van der Waals surface area contributed by atoms with Crippen molar-refractivity contribution in [3.05, 3.63) is 57.8 Å². The van der Waals surface area contributed by atoms with E-state index in [2.05, 4.69) is 15.2 Å². The topological polar surface area (TPSA) is 114 Å². The Kier molecular flexibility index (Phi) is 4.78. The van der Waals surface area contributed by atoms with Gasteiger partial charge in [-0.05, 0) is 36.6 Å². The van der Waals surface area contributed by atoms with Gasteiger partial charge >= 0.3 is 0 Å². The second-order valence-electron chi connectivity index (χ2n) is 5.93. The third-order valence-corrected chi connectivity index (χ3v) is 4.18. The molecule has 1 aromatic heterocycles. The smallest absolute Gasteiger partial charge is 0.292 e. The zero-order valence-corrected chi connectivity index (χ0v) is 13.6. The van der Waals surface area contributed by atoms with Crippen LogP contribution in [0.5, 0.6) is 0 Å². The van der Waals surface area contributed by atoms with Gasteiger partial charge in [0.15, 0.2) is 0 Å². The molecule has 1 amide bonds. The highest BCUT2D eigenvalue weighted by Crippen LogP contribution is 2.22. The molecule has 1 aliphatic rings. The van der Waals surface area contributed by atoms with Gasteiger partial charge in [0.05, 0.1) is 4.92 Å². The van der Waals surface area contributed by atoms with E-state index >= 15 is 0 Å². The molecule has 130 valence electrons. The number of amides is 1. The van der Waals surface area contributed by atoms with E-state index in [0.717, 1.165) is 24.5 Å². The summed E-state index contributed by atoms with van der Waals surface area (Å²) in [6.07, 6.45) is 4.11. The fourth-order valence-corrected chi connectivity index (χ4v) is 2.78. The molecule has 1 aromatic carbocycles. The number of nitrogen functional groups attached to an aromatic ring is 1. The van der Waals surface area contributed by atoms with Crippen LogP contribution in [0.2, 0.25) is 0 Å². The second kappa shape index (κ2) is 7.16. The molecule has 2 aromatic rings. The van der Waals surface area contributed by atoms with Crippen molar-refractivity contribution in [2.75, 3.05) is 23.7 Å². The average Bonchev–Trinajstić information content (AvgIpc) is 3.15. The molecule has 8 heteroatoms. The molecule has 0 spiro atoms. The van der Waals surface area contributed by atoms with Crippen LogP contribution in [-0.2, 0) is 6.54 Å². The SMILES string of the molecule is Nc1ccc(C(=O)NCc2ccc(N3CCCC3)nc2)cc1[N+](=O)[O-]. The molecular weight excluding hydrogens is 322 g/mol. The molecule has 1 saturated heterocycles. The molecule has 3 rings (SSSR count). The summed E-state index contributed by atoms with van der Waals surface area (Å²) < 4.78 is 0. The van der Waals surface area contributed by atoms with E-state index in [1.807, 2.05) is 12.1 Å². The van der Waals surface area contributed by atoms with Crippen molar-refractivity contribution in [2.45, 2.75) is 19.4 Å². The van der Waals surface area contributed by atoms with Crippen LogP contribution in [0.25, 0.3) is 0 Å². The third-order valence-electron chi connectivity index (χ3n) is 4.18. The summed E-state index contributed by atoms with van der Waals surface area (Å²) in [5.74, 6) is 0.549. The number of nitro groups is 1. The van der Waals surface area contributed by atoms with Crippen molar-refractivity contribution >= 4 is 23.1 Å². The minimum atomic E-state index is -0.604. The number of nitrogens with zero attached hydrogens (tertiary/aromatic N) is 3. The molecule has 0 saturated carbocycles. The zero-order valence-electron chi connectivity index (χ0n) is 13.6. The number of carbonyl (C=O) groups is 1. The summed E-state index contributed by atoms with van der Waals surface area (Å²) in [7, 11) is 0. The maximum atomic E-state index is 12.2. The summed E-state index contributed by atoms with van der Waals surface area (Å²) in [5, 5.41) is 13.6. The van der Waals surface area contributed by atoms with Crippen molar-refractivity contribution in [2.24, 2.45) is 0 Å². The van der Waals surface area contributed by atoms with E-state index in [1.165, 1.54) is 31.0 Å². The van der Waals surface area contributed by atoms with E-state index in [4.69, 9.17) is 5.73 Å². The fourth-order valence-electron chi connectivity index (χ4n) is 2.78. The number of pyridine rings is 1. The highest BCUT2D eigenvalue weighted by molar-refractivity contribution is 5.95. The number of carbonyl (C=O) groups excluding carboxylic acids is 1. The highest BCUT2D eigenvalue weighted by atomic mass is 16.6. The molecule has 0 unspecified atom stereocenters. The number of anilines is 2. The number of aromatic nitrogens is 1. The lowest BCUT2D eigenvalue weighted by atomic mass is 10.1. The average molecular weight is 341 g/mol. The number of hydrogen-bond acceptors (Lipinski definition) is 6. The Morgan fingerprint density at radius 2 is 2.04 bits per heavy atom. The molecule has 0 radical (unpaired) electrons. The number of benzene rings is 1. The van der Waals surface area contributed by atoms with Crippen molar-refractivity contribution in [1.29, 1.82) is 0 Å². The molecule has 25 heavy (non-hydrogen) atoms. The Morgan fingerprint density at radius 3 is 2.68 bits per heavy atom. The molecule has 2 heterocycles. The summed E-state index contributed by atoms with van der Waals surface area (Å²) in [5.41, 5.74) is 6.35. The van der Waals surface area contributed by atoms with Gasteiger partial charge < -0.3 is 16.0 Å². The summed E-state index contributed by atoms with van der Waals surface area (Å²) >= 11 is 0. The number of nitrogens with one attached hydrogen (secondary N) is 1. The Hall–Kier alpha value is -3.16. The number of nitro benzene ring substituents is 1. The van der Waals surface area contributed by atoms with Crippen molar-refractivity contribution in [3.63, 3.8) is 0 Å². The third kappa shape index (κ3) is 3.85. The van der Waals surface area contributed by atoms with E-state index in [9.17, 15) is 14.9 Å². The Morgan fingerprint density at radius 1 is 1.28 bits per heavy atom. The van der Waals surface area contributed by atoms with Gasteiger partial charge in [-0.15, -0.1) is 0 Å². The van der Waals surface area contributed by atoms with Crippen molar-refractivity contribution in [3.8, 4) is 0 Å². The van der Waals surface area contributed by atoms with Crippen LogP contribution < -0.4 is 16.0 Å². The summed E-state index contributed by atoms with van der Waals surface area (Å²) in [6.45, 7) is 2.35. The largest absolute Gasteiger partial charge is 0.393 e. The lowest BCUT2D eigenvalue weighted by molar-refractivity contribution is -0.383. The van der Waals surface area contributed by atoms with Gasteiger partial charge in [0.25, 0.3) is 11.6 Å². The normalized spacial score (nSPS) is 13.7. The predicted molar refractivity (Wildman–Crippen MR) is 94.4 cm³/mol. The maximum absolute atomic E-state index is 12.2. The first-order valence-electron chi connectivity index (χ1n) is 8.06. The predicted octanol–water partition coefficient (Wildman–Crippen LogP) is 2.10. The van der Waals surface area contributed by atoms with Gasteiger partial charge in [0.1, 0.15) is 11.5 Å². The monoisotopic (exact) mass is 341 g/mol. The fraction of sp³-hybridized carbons (Fsp3) is 0.294. The molecule has 3 N–H and O–H groups in total. The van der Waals surface area contributed by atoms with E-state index < -0.39 is 10.8 Å². The maximum Gasteiger partial charge on any atom is 0.292 e. The zero-order chi connectivity index (χ0) is 17.8. The van der Waals surface area contributed by atoms with Gasteiger partial charge in [0, 0.05) is 37.5 Å². The van der Waals surface area contributed by atoms with Gasteiger partial charge in [-0.25, -0.2) is 4.98 Å². The highest BCUT2D eigenvalue weighted by Gasteiger charge is 2.16. The molecule has 8 nitrogen and oxygen atoms in total. The molecule has 0 aliphatic carbocycles. The molecular formula is C17H19N5O3. The van der Waals surface area contributed by atoms with Crippen LogP contribution >= 0.6 is 0 Å². The van der Waals surface area contributed by atoms with Crippen LogP contribution in [0, 0.1) is 10.1 Å². The van der Waals surface area contributed by atoms with Crippen molar-refractivity contribution in [1.82, 2.24) is 10.3 Å². The van der Waals surface area contributed by atoms with Crippen LogP contribution in [0.1, 0.15) is 28.8 Å². The quantitative estimate of drug-likeness (QED) is 0.489. The van der Waals surface area contributed by atoms with Crippen LogP contribution in [-0.4, -0.2) is 28.9 Å². The van der Waals surface area contributed by atoms with E-state index in [1.54, 1.807) is 6.20 Å². The van der Waals surface area contributed by atoms with Gasteiger partial charge in [-0.2, -0.15) is 0 Å². The van der Waals surface area contributed by atoms with Gasteiger partial charge in [0.2, 0.25) is 0 Å². The minimum Gasteiger partial charge on any atom is -0.393 e. The molecule has 0 bridgehead atoms. The number of rotatable bonds is 5. The second-order valence-corrected chi connectivity index (χ2v) is 5.93. The Labute approximate surface area is 144 Å². The number of hydrogen-bond donors (Lipinski definition) is 2. The Balaban J connectivity index is 1.62. The van der Waals surface area contributed by atoms with Crippen LogP contribution in [0.4, 0.5) is 17.2 Å². The Bertz CT molecular complexity index is 785. The minimum absolute atomic E-state index is 0.0308. The van der Waals surface area contributed by atoms with Crippen LogP contribution in [0.3, 0.4) is 0 Å². The first kappa shape index (κ1) is 16.7. The van der Waals surface area contributed by atoms with Crippen molar-refractivity contribution < 1.29 is 9.72 Å². The van der Waals surface area contributed by atoms with E-state index in [0.29, 0.717) is 6.54 Å². The molecule has 1 fully saturated rings. The standard InChI is InChI=1S/C17H19N5O3/c18-14-5-4-13(9-15(14)22(24)25)17(23)20-11-12-3-6-16(19-10-12)21-7-1-2-8-21/h3-6,9-10H,1-2,7-8,11,18H2,(H,20,23). The summed E-state index contributed by atoms with van der Waals surface area (Å²) in [6, 6.07) is 7.87. The van der Waals surface area contributed by atoms with Crippen LogP contribution in [0.15, 0.2) is 36.5 Å². The lowest BCUT2D eigenvalue weighted by Crippen LogP contribution is -2.23. The lowest BCUT2D eigenvalue weighted by Gasteiger charge is -2.16. The molecule has 0 atom stereocenters. The van der Waals surface area contributed by atoms with Gasteiger partial charge in [-0.1, -0.05) is 6.07 Å². The van der Waals surface area contributed by atoms with E-state index in [-0.39, 0.29) is 16.9 Å².